The molecule has 0 amide bonds. The molecule has 0 aliphatic rings. The van der Waals surface area contributed by atoms with Crippen molar-refractivity contribution in [3.8, 4) is 5.75 Å². The first-order valence-corrected chi connectivity index (χ1v) is 7.48. The summed E-state index contributed by atoms with van der Waals surface area (Å²) in [6, 6.07) is 2.76. The highest BCUT2D eigenvalue weighted by atomic mass is 79.9. The minimum atomic E-state index is -0.324. The van der Waals surface area contributed by atoms with Gasteiger partial charge in [0.1, 0.15) is 11.6 Å². The molecule has 1 aromatic carbocycles. The molecule has 1 aromatic rings. The summed E-state index contributed by atoms with van der Waals surface area (Å²) in [7, 11) is 0. The van der Waals surface area contributed by atoms with Crippen molar-refractivity contribution in [1.82, 2.24) is 0 Å². The summed E-state index contributed by atoms with van der Waals surface area (Å²) in [6.45, 7) is 10.1. The lowest BCUT2D eigenvalue weighted by atomic mass is 9.70. The first kappa shape index (κ1) is 16.2. The summed E-state index contributed by atoms with van der Waals surface area (Å²) in [5, 5.41) is 10.3. The molecule has 19 heavy (non-hydrogen) atoms. The lowest BCUT2D eigenvalue weighted by Gasteiger charge is -2.34. The Bertz CT molecular complexity index is 470. The molecule has 0 saturated heterocycles. The molecule has 1 nitrogen and oxygen atoms in total. The van der Waals surface area contributed by atoms with Crippen molar-refractivity contribution in [3.63, 3.8) is 0 Å². The zero-order chi connectivity index (χ0) is 14.6. The van der Waals surface area contributed by atoms with Crippen LogP contribution in [-0.4, -0.2) is 5.11 Å². The SMILES string of the molecule is C=C(C)CC(CC)(CCC)c1cc(F)cc(Br)c1O. The number of hydrogen-bond acceptors (Lipinski definition) is 1. The van der Waals surface area contributed by atoms with Gasteiger partial charge in [0.05, 0.1) is 4.47 Å². The second-order valence-electron chi connectivity index (χ2n) is 5.30. The number of phenols is 1. The van der Waals surface area contributed by atoms with Crippen LogP contribution >= 0.6 is 15.9 Å². The summed E-state index contributed by atoms with van der Waals surface area (Å²) < 4.78 is 14.1. The number of phenolic OH excluding ortho intramolecular Hbond substituents is 1. The normalized spacial score (nSPS) is 14.2. The Balaban J connectivity index is 3.42. The highest BCUT2D eigenvalue weighted by Gasteiger charge is 2.33. The molecule has 0 bridgehead atoms. The van der Waals surface area contributed by atoms with Crippen molar-refractivity contribution < 1.29 is 9.50 Å². The van der Waals surface area contributed by atoms with Crippen LogP contribution < -0.4 is 0 Å². The van der Waals surface area contributed by atoms with E-state index in [-0.39, 0.29) is 17.0 Å². The fraction of sp³-hybridized carbons (Fsp3) is 0.500. The number of allylic oxidation sites excluding steroid dienone is 1. The van der Waals surface area contributed by atoms with Gasteiger partial charge in [-0.2, -0.15) is 0 Å². The van der Waals surface area contributed by atoms with Gasteiger partial charge in [-0.3, -0.25) is 0 Å². The lowest BCUT2D eigenvalue weighted by Crippen LogP contribution is -2.26. The number of rotatable bonds is 6. The van der Waals surface area contributed by atoms with Crippen molar-refractivity contribution in [2.75, 3.05) is 0 Å². The van der Waals surface area contributed by atoms with E-state index in [9.17, 15) is 9.50 Å². The lowest BCUT2D eigenvalue weighted by molar-refractivity contribution is 0.347. The molecule has 106 valence electrons. The average molecular weight is 329 g/mol. The van der Waals surface area contributed by atoms with Crippen molar-refractivity contribution >= 4 is 15.9 Å². The van der Waals surface area contributed by atoms with Crippen LogP contribution in [0.25, 0.3) is 0 Å². The third kappa shape index (κ3) is 3.59. The van der Waals surface area contributed by atoms with Crippen LogP contribution in [-0.2, 0) is 5.41 Å². The van der Waals surface area contributed by atoms with Crippen LogP contribution in [0, 0.1) is 5.82 Å². The summed E-state index contributed by atoms with van der Waals surface area (Å²) >= 11 is 3.22. The van der Waals surface area contributed by atoms with Gasteiger partial charge in [0.15, 0.2) is 0 Å². The number of hydrogen-bond donors (Lipinski definition) is 1. The highest BCUT2D eigenvalue weighted by molar-refractivity contribution is 9.10. The smallest absolute Gasteiger partial charge is 0.133 e. The van der Waals surface area contributed by atoms with Gasteiger partial charge in [0, 0.05) is 11.0 Å². The van der Waals surface area contributed by atoms with Crippen LogP contribution in [0.15, 0.2) is 28.8 Å². The summed E-state index contributed by atoms with van der Waals surface area (Å²) in [4.78, 5) is 0. The molecular weight excluding hydrogens is 307 g/mol. The van der Waals surface area contributed by atoms with Gasteiger partial charge in [-0.25, -0.2) is 4.39 Å². The summed E-state index contributed by atoms with van der Waals surface area (Å²) in [5.41, 5.74) is 1.50. The van der Waals surface area contributed by atoms with Crippen LogP contribution in [0.1, 0.15) is 52.0 Å². The van der Waals surface area contributed by atoms with E-state index in [0.29, 0.717) is 10.0 Å². The molecule has 1 N–H and O–H groups in total. The Morgan fingerprint density at radius 1 is 1.42 bits per heavy atom. The topological polar surface area (TPSA) is 20.2 Å². The van der Waals surface area contributed by atoms with Crippen molar-refractivity contribution in [2.45, 2.75) is 51.9 Å². The van der Waals surface area contributed by atoms with Gasteiger partial charge in [0.2, 0.25) is 0 Å². The van der Waals surface area contributed by atoms with Gasteiger partial charge >= 0.3 is 0 Å². The van der Waals surface area contributed by atoms with Gasteiger partial charge in [0.25, 0.3) is 0 Å². The van der Waals surface area contributed by atoms with E-state index in [2.05, 4.69) is 36.4 Å². The summed E-state index contributed by atoms with van der Waals surface area (Å²) in [6.07, 6.45) is 3.49. The molecule has 1 unspecified atom stereocenters. The molecule has 0 aliphatic carbocycles. The third-order valence-corrected chi connectivity index (χ3v) is 4.25. The Labute approximate surface area is 123 Å². The monoisotopic (exact) mass is 328 g/mol. The van der Waals surface area contributed by atoms with Crippen LogP contribution in [0.5, 0.6) is 5.75 Å². The number of aromatic hydroxyl groups is 1. The molecule has 0 fully saturated rings. The van der Waals surface area contributed by atoms with E-state index in [1.54, 1.807) is 0 Å². The van der Waals surface area contributed by atoms with Gasteiger partial charge in [-0.05, 0) is 54.2 Å². The predicted molar refractivity (Wildman–Crippen MR) is 82.1 cm³/mol. The van der Waals surface area contributed by atoms with E-state index in [1.165, 1.54) is 12.1 Å². The van der Waals surface area contributed by atoms with E-state index in [4.69, 9.17) is 0 Å². The molecule has 0 aromatic heterocycles. The molecule has 0 heterocycles. The van der Waals surface area contributed by atoms with Crippen molar-refractivity contribution in [2.24, 2.45) is 0 Å². The Morgan fingerprint density at radius 3 is 2.53 bits per heavy atom. The fourth-order valence-electron chi connectivity index (χ4n) is 2.84. The zero-order valence-corrected chi connectivity index (χ0v) is 13.5. The maximum absolute atomic E-state index is 13.7. The van der Waals surface area contributed by atoms with Crippen LogP contribution in [0.4, 0.5) is 4.39 Å². The minimum Gasteiger partial charge on any atom is -0.506 e. The highest BCUT2D eigenvalue weighted by Crippen LogP contribution is 2.45. The van der Waals surface area contributed by atoms with Gasteiger partial charge in [-0.15, -0.1) is 6.58 Å². The zero-order valence-electron chi connectivity index (χ0n) is 11.9. The fourth-order valence-corrected chi connectivity index (χ4v) is 3.27. The molecule has 0 spiro atoms. The van der Waals surface area contributed by atoms with Crippen molar-refractivity contribution in [3.05, 3.63) is 40.1 Å². The maximum Gasteiger partial charge on any atom is 0.133 e. The van der Waals surface area contributed by atoms with Gasteiger partial charge < -0.3 is 5.11 Å². The first-order chi connectivity index (χ1) is 8.86. The van der Waals surface area contributed by atoms with E-state index in [0.717, 1.165) is 31.3 Å². The Kier molecular flexibility index (Phi) is 5.60. The number of halogens is 2. The second-order valence-corrected chi connectivity index (χ2v) is 6.16. The van der Waals surface area contributed by atoms with Crippen LogP contribution in [0.2, 0.25) is 0 Å². The van der Waals surface area contributed by atoms with Crippen molar-refractivity contribution in [1.29, 1.82) is 0 Å². The average Bonchev–Trinajstić information content (AvgIpc) is 2.32. The van der Waals surface area contributed by atoms with E-state index >= 15 is 0 Å². The molecule has 0 saturated carbocycles. The van der Waals surface area contributed by atoms with Gasteiger partial charge in [-0.1, -0.05) is 25.8 Å². The molecule has 0 aliphatic heterocycles. The third-order valence-electron chi connectivity index (χ3n) is 3.65. The second kappa shape index (κ2) is 6.56. The molecule has 1 rings (SSSR count). The largest absolute Gasteiger partial charge is 0.506 e. The number of benzene rings is 1. The molecule has 0 radical (unpaired) electrons. The Hall–Kier alpha value is -0.830. The molecular formula is C16H22BrFO. The summed E-state index contributed by atoms with van der Waals surface area (Å²) in [5.74, 6) is -0.173. The molecule has 3 heteroatoms. The minimum absolute atomic E-state index is 0.151. The predicted octanol–water partition coefficient (Wildman–Crippen LogP) is 5.71. The van der Waals surface area contributed by atoms with Crippen LogP contribution in [0.3, 0.4) is 0 Å². The Morgan fingerprint density at radius 2 is 2.05 bits per heavy atom. The van der Waals surface area contributed by atoms with E-state index < -0.39 is 0 Å². The standard InChI is InChI=1S/C16H22BrFO/c1-5-7-16(6-2,10-11(3)4)13-8-12(18)9-14(17)15(13)19/h8-9,19H,3,5-7,10H2,1-2,4H3. The maximum atomic E-state index is 13.7. The molecule has 1 atom stereocenters. The van der Waals surface area contributed by atoms with E-state index in [1.807, 2.05) is 6.92 Å². The first-order valence-electron chi connectivity index (χ1n) is 6.69. The quantitative estimate of drug-likeness (QED) is 0.663.